The molecule has 0 fully saturated rings. The van der Waals surface area contributed by atoms with Crippen molar-refractivity contribution in [3.05, 3.63) is 0 Å². The van der Waals surface area contributed by atoms with Crippen molar-refractivity contribution in [3.8, 4) is 0 Å². The quantitative estimate of drug-likeness (QED) is 0.525. The number of esters is 2. The Kier molecular flexibility index (Phi) is 7.87. The van der Waals surface area contributed by atoms with Gasteiger partial charge in [0.25, 0.3) is 0 Å². The summed E-state index contributed by atoms with van der Waals surface area (Å²) in [5, 5.41) is 0. The van der Waals surface area contributed by atoms with E-state index in [1.165, 1.54) is 0 Å². The van der Waals surface area contributed by atoms with Crippen molar-refractivity contribution in [3.63, 3.8) is 0 Å². The van der Waals surface area contributed by atoms with Gasteiger partial charge in [0.05, 0.1) is 19.0 Å². The fraction of sp³-hybridized carbons (Fsp3) is 0.846. The number of hydrogen-bond donors (Lipinski definition) is 1. The number of carbonyl (C=O) groups is 2. The third kappa shape index (κ3) is 8.67. The predicted octanol–water partition coefficient (Wildman–Crippen LogP) is 0.837. The SMILES string of the molecule is CCOC(=O)C(NS(=O)(=O)CCC(C)(C)C)C(=O)OCC. The molecule has 0 rings (SSSR count). The number of nitrogens with one attached hydrogen (secondary N) is 1. The zero-order valence-corrected chi connectivity index (χ0v) is 14.1. The number of sulfonamides is 1. The van der Waals surface area contributed by atoms with Gasteiger partial charge in [0.15, 0.2) is 0 Å². The number of ether oxygens (including phenoxy) is 2. The van der Waals surface area contributed by atoms with E-state index in [-0.39, 0.29) is 24.4 Å². The maximum Gasteiger partial charge on any atom is 0.335 e. The molecule has 0 saturated heterocycles. The van der Waals surface area contributed by atoms with Gasteiger partial charge in [-0.3, -0.25) is 0 Å². The summed E-state index contributed by atoms with van der Waals surface area (Å²) in [5.74, 6) is -2.11. The van der Waals surface area contributed by atoms with E-state index in [1.54, 1.807) is 13.8 Å². The molecule has 0 radical (unpaired) electrons. The van der Waals surface area contributed by atoms with Crippen LogP contribution in [-0.4, -0.2) is 45.4 Å². The van der Waals surface area contributed by atoms with Crippen molar-refractivity contribution in [1.29, 1.82) is 0 Å². The molecule has 0 bridgehead atoms. The molecule has 0 saturated carbocycles. The minimum Gasteiger partial charge on any atom is -0.464 e. The van der Waals surface area contributed by atoms with Gasteiger partial charge in [0.2, 0.25) is 16.1 Å². The van der Waals surface area contributed by atoms with Gasteiger partial charge in [-0.15, -0.1) is 0 Å². The second kappa shape index (κ2) is 8.33. The Bertz CT molecular complexity index is 434. The first-order valence-corrected chi connectivity index (χ1v) is 8.51. The zero-order valence-electron chi connectivity index (χ0n) is 13.3. The fourth-order valence-electron chi connectivity index (χ4n) is 1.32. The van der Waals surface area contributed by atoms with Crippen LogP contribution in [0.4, 0.5) is 0 Å². The molecule has 0 aliphatic carbocycles. The van der Waals surface area contributed by atoms with Crippen LogP contribution in [0.3, 0.4) is 0 Å². The second-order valence-corrected chi connectivity index (χ2v) is 7.56. The molecule has 1 N–H and O–H groups in total. The van der Waals surface area contributed by atoms with Crippen molar-refractivity contribution in [1.82, 2.24) is 4.72 Å². The topological polar surface area (TPSA) is 98.8 Å². The van der Waals surface area contributed by atoms with Gasteiger partial charge in [-0.2, -0.15) is 4.72 Å². The molecule has 0 aliphatic rings. The molecule has 124 valence electrons. The zero-order chi connectivity index (χ0) is 16.7. The van der Waals surface area contributed by atoms with E-state index in [0.717, 1.165) is 0 Å². The van der Waals surface area contributed by atoms with Crippen LogP contribution < -0.4 is 4.72 Å². The Morgan fingerprint density at radius 3 is 1.81 bits per heavy atom. The Balaban J connectivity index is 4.94. The van der Waals surface area contributed by atoms with E-state index in [9.17, 15) is 18.0 Å². The van der Waals surface area contributed by atoms with Gasteiger partial charge >= 0.3 is 11.9 Å². The highest BCUT2D eigenvalue weighted by Gasteiger charge is 2.34. The number of hydrogen-bond acceptors (Lipinski definition) is 6. The minimum atomic E-state index is -3.79. The lowest BCUT2D eigenvalue weighted by Gasteiger charge is -2.20. The predicted molar refractivity (Wildman–Crippen MR) is 78.0 cm³/mol. The van der Waals surface area contributed by atoms with Crippen molar-refractivity contribution in [2.24, 2.45) is 5.41 Å². The van der Waals surface area contributed by atoms with Gasteiger partial charge < -0.3 is 9.47 Å². The van der Waals surface area contributed by atoms with Crippen LogP contribution in [-0.2, 0) is 29.1 Å². The molecule has 7 nitrogen and oxygen atoms in total. The normalized spacial score (nSPS) is 12.3. The lowest BCUT2D eigenvalue weighted by atomic mass is 9.94. The molecule has 0 spiro atoms. The minimum absolute atomic E-state index is 0.0401. The van der Waals surface area contributed by atoms with Crippen LogP contribution in [0, 0.1) is 5.41 Å². The van der Waals surface area contributed by atoms with Gasteiger partial charge in [0, 0.05) is 0 Å². The monoisotopic (exact) mass is 323 g/mol. The summed E-state index contributed by atoms with van der Waals surface area (Å²) in [5.41, 5.74) is -0.182. The van der Waals surface area contributed by atoms with Gasteiger partial charge in [-0.05, 0) is 25.7 Å². The van der Waals surface area contributed by atoms with Crippen LogP contribution in [0.2, 0.25) is 0 Å². The molecule has 0 amide bonds. The van der Waals surface area contributed by atoms with Crippen LogP contribution in [0.5, 0.6) is 0 Å². The average molecular weight is 323 g/mol. The fourth-order valence-corrected chi connectivity index (χ4v) is 2.87. The maximum atomic E-state index is 12.0. The Hall–Kier alpha value is -1.15. The summed E-state index contributed by atoms with van der Waals surface area (Å²) in [4.78, 5) is 23.4. The Morgan fingerprint density at radius 2 is 1.48 bits per heavy atom. The van der Waals surface area contributed by atoms with Gasteiger partial charge in [-0.1, -0.05) is 20.8 Å². The Morgan fingerprint density at radius 1 is 1.05 bits per heavy atom. The lowest BCUT2D eigenvalue weighted by molar-refractivity contribution is -0.157. The standard InChI is InChI=1S/C13H25NO6S/c1-6-19-11(15)10(12(16)20-7-2)14-21(17,18)9-8-13(3,4)5/h10,14H,6-9H2,1-5H3. The molecule has 0 aromatic rings. The van der Waals surface area contributed by atoms with Gasteiger partial charge in [-0.25, -0.2) is 18.0 Å². The highest BCUT2D eigenvalue weighted by atomic mass is 32.2. The summed E-state index contributed by atoms with van der Waals surface area (Å²) < 4.78 is 35.4. The van der Waals surface area contributed by atoms with E-state index in [2.05, 4.69) is 4.72 Å². The largest absolute Gasteiger partial charge is 0.464 e. The molecule has 0 aromatic heterocycles. The molecule has 0 aliphatic heterocycles. The first kappa shape index (κ1) is 19.9. The summed E-state index contributed by atoms with van der Waals surface area (Å²) in [6.45, 7) is 8.91. The smallest absolute Gasteiger partial charge is 0.335 e. The summed E-state index contributed by atoms with van der Waals surface area (Å²) in [6, 6.07) is -1.66. The van der Waals surface area contributed by atoms with E-state index in [4.69, 9.17) is 9.47 Å². The highest BCUT2D eigenvalue weighted by molar-refractivity contribution is 7.89. The first-order valence-electron chi connectivity index (χ1n) is 6.85. The highest BCUT2D eigenvalue weighted by Crippen LogP contribution is 2.19. The molecule has 0 unspecified atom stereocenters. The van der Waals surface area contributed by atoms with Crippen molar-refractivity contribution < 1.29 is 27.5 Å². The first-order chi connectivity index (χ1) is 9.52. The number of rotatable bonds is 8. The third-order valence-electron chi connectivity index (χ3n) is 2.46. The Labute approximate surface area is 126 Å². The van der Waals surface area contributed by atoms with E-state index in [0.29, 0.717) is 6.42 Å². The maximum absolute atomic E-state index is 12.0. The summed E-state index contributed by atoms with van der Waals surface area (Å²) in [6.07, 6.45) is 0.390. The summed E-state index contributed by atoms with van der Waals surface area (Å²) >= 11 is 0. The van der Waals surface area contributed by atoms with E-state index < -0.39 is 28.0 Å². The van der Waals surface area contributed by atoms with Crippen molar-refractivity contribution >= 4 is 22.0 Å². The summed E-state index contributed by atoms with van der Waals surface area (Å²) in [7, 11) is -3.79. The molecular formula is C13H25NO6S. The van der Waals surface area contributed by atoms with Crippen molar-refractivity contribution in [2.75, 3.05) is 19.0 Å². The third-order valence-corrected chi connectivity index (χ3v) is 3.80. The van der Waals surface area contributed by atoms with Gasteiger partial charge in [0.1, 0.15) is 0 Å². The lowest BCUT2D eigenvalue weighted by Crippen LogP contribution is -2.49. The van der Waals surface area contributed by atoms with Crippen LogP contribution >= 0.6 is 0 Å². The van der Waals surface area contributed by atoms with E-state index >= 15 is 0 Å². The van der Waals surface area contributed by atoms with Crippen LogP contribution in [0.15, 0.2) is 0 Å². The molecule has 0 heterocycles. The van der Waals surface area contributed by atoms with E-state index in [1.807, 2.05) is 20.8 Å². The molecule has 0 atom stereocenters. The average Bonchev–Trinajstić information content (AvgIpc) is 2.33. The molecule has 8 heteroatoms. The molecular weight excluding hydrogens is 298 g/mol. The van der Waals surface area contributed by atoms with Crippen LogP contribution in [0.25, 0.3) is 0 Å². The van der Waals surface area contributed by atoms with Crippen molar-refractivity contribution in [2.45, 2.75) is 47.1 Å². The number of carbonyl (C=O) groups excluding carboxylic acids is 2. The molecule has 0 aromatic carbocycles. The van der Waals surface area contributed by atoms with Crippen LogP contribution in [0.1, 0.15) is 41.0 Å². The second-order valence-electron chi connectivity index (χ2n) is 5.68. The molecule has 21 heavy (non-hydrogen) atoms.